The number of unbranched alkanes of at least 4 members (excludes halogenated alkanes) is 40. The van der Waals surface area contributed by atoms with Crippen LogP contribution in [-0.2, 0) is 65.4 Å². The number of esters is 4. The maximum absolute atomic E-state index is 13.1. The van der Waals surface area contributed by atoms with Gasteiger partial charge in [0.05, 0.1) is 26.4 Å². The molecule has 0 aromatic heterocycles. The molecule has 0 bridgehead atoms. The summed E-state index contributed by atoms with van der Waals surface area (Å²) in [6.07, 6.45) is 58.8. The summed E-state index contributed by atoms with van der Waals surface area (Å²) in [5.41, 5.74) is 0. The Morgan fingerprint density at radius 1 is 0.344 bits per heavy atom. The van der Waals surface area contributed by atoms with Crippen molar-refractivity contribution < 1.29 is 80.2 Å². The number of aliphatic hydroxyl groups is 1. The molecule has 17 nitrogen and oxygen atoms in total. The highest BCUT2D eigenvalue weighted by Crippen LogP contribution is 2.45. The van der Waals surface area contributed by atoms with E-state index in [1.807, 2.05) is 0 Å². The molecule has 0 fully saturated rings. The molecule has 0 saturated heterocycles. The first-order chi connectivity index (χ1) is 46.4. The predicted octanol–water partition coefficient (Wildman–Crippen LogP) is 22.3. The number of carbonyl (C=O) groups is 4. The summed E-state index contributed by atoms with van der Waals surface area (Å²) in [5, 5.41) is 10.6. The van der Waals surface area contributed by atoms with Gasteiger partial charge >= 0.3 is 39.5 Å². The summed E-state index contributed by atoms with van der Waals surface area (Å²) < 4.78 is 68.5. The fourth-order valence-electron chi connectivity index (χ4n) is 11.3. The van der Waals surface area contributed by atoms with Crippen molar-refractivity contribution in [1.29, 1.82) is 0 Å². The van der Waals surface area contributed by atoms with Crippen molar-refractivity contribution >= 4 is 39.5 Å². The molecule has 0 aromatic carbocycles. The molecule has 0 saturated carbocycles. The molecule has 96 heavy (non-hydrogen) atoms. The molecule has 0 rings (SSSR count). The lowest BCUT2D eigenvalue weighted by Crippen LogP contribution is -2.30. The number of rotatable bonds is 74. The van der Waals surface area contributed by atoms with E-state index in [0.29, 0.717) is 25.7 Å². The van der Waals surface area contributed by atoms with Crippen LogP contribution in [0.2, 0.25) is 0 Å². The van der Waals surface area contributed by atoms with Gasteiger partial charge in [-0.2, -0.15) is 0 Å². The van der Waals surface area contributed by atoms with Crippen LogP contribution in [0.1, 0.15) is 375 Å². The monoisotopic (exact) mass is 1410 g/mol. The molecule has 0 aliphatic rings. The fraction of sp³-hybridized carbons (Fsp3) is 0.896. The molecule has 0 aliphatic carbocycles. The van der Waals surface area contributed by atoms with Crippen LogP contribution in [0.5, 0.6) is 0 Å². The minimum Gasteiger partial charge on any atom is -0.462 e. The average molecular weight is 1410 g/mol. The van der Waals surface area contributed by atoms with Gasteiger partial charge in [0, 0.05) is 25.7 Å². The predicted molar refractivity (Wildman–Crippen MR) is 391 cm³/mol. The van der Waals surface area contributed by atoms with Crippen molar-refractivity contribution in [3.63, 3.8) is 0 Å². The Bertz CT molecular complexity index is 1950. The van der Waals surface area contributed by atoms with Gasteiger partial charge in [0.15, 0.2) is 12.2 Å². The normalized spacial score (nSPS) is 14.4. The second kappa shape index (κ2) is 68.3. The summed E-state index contributed by atoms with van der Waals surface area (Å²) in [5.74, 6) is -0.558. The number of ether oxygens (including phenoxy) is 4. The Morgan fingerprint density at radius 3 is 0.938 bits per heavy atom. The third-order valence-corrected chi connectivity index (χ3v) is 19.6. The molecule has 3 unspecified atom stereocenters. The van der Waals surface area contributed by atoms with Crippen LogP contribution in [0.25, 0.3) is 0 Å². The van der Waals surface area contributed by atoms with Crippen molar-refractivity contribution in [2.75, 3.05) is 39.6 Å². The van der Waals surface area contributed by atoms with Crippen molar-refractivity contribution in [1.82, 2.24) is 0 Å². The van der Waals surface area contributed by atoms with E-state index in [0.717, 1.165) is 121 Å². The molecule has 566 valence electrons. The zero-order valence-electron chi connectivity index (χ0n) is 62.2. The smallest absolute Gasteiger partial charge is 0.462 e. The van der Waals surface area contributed by atoms with E-state index in [1.165, 1.54) is 173 Å². The lowest BCUT2D eigenvalue weighted by molar-refractivity contribution is -0.161. The van der Waals surface area contributed by atoms with Crippen LogP contribution in [0.4, 0.5) is 0 Å². The van der Waals surface area contributed by atoms with Crippen LogP contribution in [0.3, 0.4) is 0 Å². The van der Waals surface area contributed by atoms with E-state index in [-0.39, 0.29) is 25.7 Å². The third-order valence-electron chi connectivity index (χ3n) is 17.7. The number of hydrogen-bond acceptors (Lipinski definition) is 15. The van der Waals surface area contributed by atoms with Gasteiger partial charge in [-0.1, -0.05) is 323 Å². The molecule has 0 spiro atoms. The maximum Gasteiger partial charge on any atom is 0.472 e. The number of aliphatic hydroxyl groups excluding tert-OH is 1. The maximum atomic E-state index is 13.1. The zero-order valence-corrected chi connectivity index (χ0v) is 63.9. The number of hydrogen-bond donors (Lipinski definition) is 3. The van der Waals surface area contributed by atoms with Crippen molar-refractivity contribution in [3.05, 3.63) is 24.3 Å². The first kappa shape index (κ1) is 93.5. The summed E-state index contributed by atoms with van der Waals surface area (Å²) in [4.78, 5) is 72.9. The lowest BCUT2D eigenvalue weighted by atomic mass is 9.99. The van der Waals surface area contributed by atoms with Crippen LogP contribution in [0, 0.1) is 11.8 Å². The Hall–Kier alpha value is -2.46. The van der Waals surface area contributed by atoms with Gasteiger partial charge in [0.2, 0.25) is 0 Å². The van der Waals surface area contributed by atoms with Crippen LogP contribution >= 0.6 is 15.6 Å². The van der Waals surface area contributed by atoms with Crippen LogP contribution in [0.15, 0.2) is 24.3 Å². The minimum absolute atomic E-state index is 0.100. The summed E-state index contributed by atoms with van der Waals surface area (Å²) in [6.45, 7) is 9.57. The highest BCUT2D eigenvalue weighted by atomic mass is 31.2. The molecule has 3 N–H and O–H groups in total. The highest BCUT2D eigenvalue weighted by molar-refractivity contribution is 7.47. The summed E-state index contributed by atoms with van der Waals surface area (Å²) in [6, 6.07) is 0. The molecule has 0 radical (unpaired) electrons. The van der Waals surface area contributed by atoms with Gasteiger partial charge in [-0.25, -0.2) is 9.13 Å². The summed E-state index contributed by atoms with van der Waals surface area (Å²) >= 11 is 0. The van der Waals surface area contributed by atoms with E-state index in [1.54, 1.807) is 0 Å². The summed E-state index contributed by atoms with van der Waals surface area (Å²) in [7, 11) is -9.92. The largest absolute Gasteiger partial charge is 0.472 e. The Morgan fingerprint density at radius 2 is 0.615 bits per heavy atom. The van der Waals surface area contributed by atoms with Gasteiger partial charge in [0.1, 0.15) is 19.3 Å². The molecular weight excluding hydrogens is 1260 g/mol. The third kappa shape index (κ3) is 68.7. The average Bonchev–Trinajstić information content (AvgIpc) is 2.54. The van der Waals surface area contributed by atoms with Crippen LogP contribution < -0.4 is 0 Å². The minimum atomic E-state index is -4.97. The number of phosphoric ester groups is 2. The number of allylic oxidation sites excluding steroid dienone is 4. The van der Waals surface area contributed by atoms with Crippen molar-refractivity contribution in [3.8, 4) is 0 Å². The molecule has 0 amide bonds. The second-order valence-corrected chi connectivity index (χ2v) is 30.7. The SMILES string of the molecule is CCCCCC/C=C\C=C/CCCCCCCC(=O)OC[C@H](COP(=O)(O)OC[C@@H](O)COP(=O)(O)OC[C@@H](COC(=O)CCCCCCCCCCCCC)OC(=O)CCCCCCCCCCCCC(C)CC)OC(=O)CCCCCCCCCCCCCCCC(C)C. The lowest BCUT2D eigenvalue weighted by Gasteiger charge is -2.21. The number of phosphoric acid groups is 2. The molecule has 0 aliphatic heterocycles. The standard InChI is InChI=1S/C77H146O17P2/c1-7-10-12-14-16-18-20-21-22-25-29-36-42-48-54-60-75(80)88-66-72(93-76(81)61-55-49-43-37-30-26-23-24-28-33-39-45-51-57-69(4)5)67-91-95(83,84)89-63-71(78)64-90-96(85,86)92-68-73(65-87-74(79)59-53-47-41-35-27-19-17-15-13-11-8-2)94-77(82)62-56-50-44-38-32-31-34-40-46-52-58-70(6)9-3/h18,20-22,69-73,78H,7-17,19,23-68H2,1-6H3,(H,83,84)(H,85,86)/b20-18-,22-21-/t70?,71-,72-,73-/m1/s1. The molecule has 0 aromatic rings. The van der Waals surface area contributed by atoms with E-state index in [9.17, 15) is 43.2 Å². The van der Waals surface area contributed by atoms with Crippen molar-refractivity contribution in [2.45, 2.75) is 394 Å². The molecule has 19 heteroatoms. The molecular formula is C77H146O17P2. The van der Waals surface area contributed by atoms with Crippen molar-refractivity contribution in [2.24, 2.45) is 11.8 Å². The van der Waals surface area contributed by atoms with E-state index < -0.39 is 97.5 Å². The van der Waals surface area contributed by atoms with Gasteiger partial charge in [-0.3, -0.25) is 37.3 Å². The molecule has 6 atom stereocenters. The first-order valence-corrected chi connectivity index (χ1v) is 42.3. The second-order valence-electron chi connectivity index (χ2n) is 27.8. The van der Waals surface area contributed by atoms with E-state index in [4.69, 9.17) is 37.0 Å². The van der Waals surface area contributed by atoms with Gasteiger partial charge in [-0.05, 0) is 63.2 Å². The quantitative estimate of drug-likeness (QED) is 0.0169. The van der Waals surface area contributed by atoms with Crippen LogP contribution in [-0.4, -0.2) is 96.7 Å². The van der Waals surface area contributed by atoms with Gasteiger partial charge in [0.25, 0.3) is 0 Å². The highest BCUT2D eigenvalue weighted by Gasteiger charge is 2.30. The Balaban J connectivity index is 5.30. The Kier molecular flexibility index (Phi) is 66.6. The Labute approximate surface area is 586 Å². The zero-order chi connectivity index (χ0) is 70.7. The molecule has 0 heterocycles. The van der Waals surface area contributed by atoms with E-state index >= 15 is 0 Å². The first-order valence-electron chi connectivity index (χ1n) is 39.3. The fourth-order valence-corrected chi connectivity index (χ4v) is 12.8. The topological polar surface area (TPSA) is 237 Å². The van der Waals surface area contributed by atoms with E-state index in [2.05, 4.69) is 65.8 Å². The van der Waals surface area contributed by atoms with Gasteiger partial charge < -0.3 is 33.8 Å². The van der Waals surface area contributed by atoms with Gasteiger partial charge in [-0.15, -0.1) is 0 Å². The number of carbonyl (C=O) groups excluding carboxylic acids is 4.